The molecule has 71 heavy (non-hydrogen) atoms. The molecule has 0 bridgehead atoms. The Labute approximate surface area is 411 Å². The zero-order chi connectivity index (χ0) is 46.3. The van der Waals surface area contributed by atoms with Crippen molar-refractivity contribution in [2.24, 2.45) is 0 Å². The molecule has 4 nitrogen and oxygen atoms in total. The lowest BCUT2D eigenvalue weighted by molar-refractivity contribution is 1.17. The van der Waals surface area contributed by atoms with Crippen molar-refractivity contribution in [1.29, 1.82) is 0 Å². The first-order valence-electron chi connectivity index (χ1n) is 24.3. The molecule has 5 aromatic heterocycles. The van der Waals surface area contributed by atoms with E-state index >= 15 is 0 Å². The lowest BCUT2D eigenvalue weighted by Gasteiger charge is -2.12. The number of thiophene rings is 1. The predicted octanol–water partition coefficient (Wildman–Crippen LogP) is 18.1. The van der Waals surface area contributed by atoms with Gasteiger partial charge in [-0.2, -0.15) is 0 Å². The monoisotopic (exact) mass is 920 g/mol. The minimum absolute atomic E-state index is 1.16. The molecule has 0 unspecified atom stereocenters. The van der Waals surface area contributed by atoms with Crippen LogP contribution in [0.5, 0.6) is 0 Å². The molecule has 0 atom stereocenters. The summed E-state index contributed by atoms with van der Waals surface area (Å²) in [7, 11) is 0. The zero-order valence-electron chi connectivity index (χ0n) is 38.3. The smallest absolute Gasteiger partial charge is 0.0562 e. The van der Waals surface area contributed by atoms with Crippen molar-refractivity contribution in [1.82, 2.24) is 18.3 Å². The van der Waals surface area contributed by atoms with Crippen LogP contribution in [0, 0.1) is 0 Å². The normalized spacial score (nSPS) is 12.2. The summed E-state index contributed by atoms with van der Waals surface area (Å²) in [5, 5.41) is 12.6. The molecular weight excluding hydrogens is 881 g/mol. The third kappa shape index (κ3) is 5.44. The molecule has 5 heteroatoms. The number of benzene rings is 11. The van der Waals surface area contributed by atoms with E-state index in [1.165, 1.54) is 124 Å². The first kappa shape index (κ1) is 38.8. The number of aromatic nitrogens is 4. The van der Waals surface area contributed by atoms with Crippen molar-refractivity contribution in [3.63, 3.8) is 0 Å². The van der Waals surface area contributed by atoms with Crippen molar-refractivity contribution in [2.75, 3.05) is 0 Å². The fraction of sp³-hybridized carbons (Fsp3) is 0. The van der Waals surface area contributed by atoms with Gasteiger partial charge in [-0.25, -0.2) is 0 Å². The van der Waals surface area contributed by atoms with Crippen LogP contribution in [-0.4, -0.2) is 18.3 Å². The molecule has 0 saturated carbocycles. The molecule has 16 rings (SSSR count). The van der Waals surface area contributed by atoms with Gasteiger partial charge in [-0.1, -0.05) is 133 Å². The van der Waals surface area contributed by atoms with Gasteiger partial charge in [-0.05, 0) is 120 Å². The van der Waals surface area contributed by atoms with Crippen LogP contribution in [-0.2, 0) is 0 Å². The topological polar surface area (TPSA) is 19.7 Å². The second kappa shape index (κ2) is 14.7. The molecule has 0 saturated heterocycles. The van der Waals surface area contributed by atoms with Gasteiger partial charge in [0.25, 0.3) is 0 Å². The second-order valence-corrected chi connectivity index (χ2v) is 19.9. The standard InChI is InChI=1S/C66H40N4S/c1-2-16-42(17-3-1)67-58-28-13-8-22-50(58)66-61(67)29-15-30-62(66)70-57-27-12-7-20-48(57)51-38-41(32-35-60(51)70)45-23-14-31-64-65(45)53-40-44(34-37-63(53)71-64)69-56-26-11-6-21-49(56)52-39-43(33-36-59(52)69)68-54-24-9-4-18-46(54)47-19-5-10-25-55(47)68/h1-40H. The highest BCUT2D eigenvalue weighted by atomic mass is 32.1. The second-order valence-electron chi connectivity index (χ2n) is 18.8. The van der Waals surface area contributed by atoms with E-state index in [2.05, 4.69) is 261 Å². The molecule has 11 aromatic carbocycles. The number of para-hydroxylation sites is 6. The van der Waals surface area contributed by atoms with Crippen molar-refractivity contribution in [3.05, 3.63) is 243 Å². The van der Waals surface area contributed by atoms with Crippen LogP contribution in [0.15, 0.2) is 243 Å². The Morgan fingerprint density at radius 2 is 0.704 bits per heavy atom. The molecule has 0 fully saturated rings. The van der Waals surface area contributed by atoms with E-state index in [0.29, 0.717) is 0 Å². The van der Waals surface area contributed by atoms with Gasteiger partial charge >= 0.3 is 0 Å². The van der Waals surface area contributed by atoms with Crippen molar-refractivity contribution in [2.45, 2.75) is 0 Å². The van der Waals surface area contributed by atoms with Gasteiger partial charge in [-0.15, -0.1) is 11.3 Å². The molecule has 5 heterocycles. The molecule has 0 N–H and O–H groups in total. The van der Waals surface area contributed by atoms with E-state index in [1.807, 2.05) is 11.3 Å². The molecule has 0 spiro atoms. The molecule has 0 aliphatic heterocycles. The summed E-state index contributed by atoms with van der Waals surface area (Å²) in [6, 6.07) is 89.7. The van der Waals surface area contributed by atoms with Gasteiger partial charge in [0, 0.05) is 80.3 Å². The summed E-state index contributed by atoms with van der Waals surface area (Å²) >= 11 is 1.88. The number of nitrogens with zero attached hydrogens (tertiary/aromatic N) is 4. The highest BCUT2D eigenvalue weighted by Crippen LogP contribution is 2.45. The van der Waals surface area contributed by atoms with Gasteiger partial charge in [0.05, 0.1) is 49.8 Å². The van der Waals surface area contributed by atoms with Crippen LogP contribution >= 0.6 is 11.3 Å². The summed E-state index contributed by atoms with van der Waals surface area (Å²) in [5.74, 6) is 0. The van der Waals surface area contributed by atoms with Crippen LogP contribution in [0.1, 0.15) is 0 Å². The van der Waals surface area contributed by atoms with Crippen LogP contribution in [0.2, 0.25) is 0 Å². The highest BCUT2D eigenvalue weighted by Gasteiger charge is 2.22. The Bertz CT molecular complexity index is 4830. The quantitative estimate of drug-likeness (QED) is 0.164. The number of fused-ring (bicyclic) bond motifs is 15. The van der Waals surface area contributed by atoms with E-state index in [0.717, 1.165) is 17.1 Å². The van der Waals surface area contributed by atoms with Crippen LogP contribution in [0.25, 0.3) is 141 Å². The lowest BCUT2D eigenvalue weighted by Crippen LogP contribution is -1.96. The number of hydrogen-bond acceptors (Lipinski definition) is 1. The summed E-state index contributed by atoms with van der Waals surface area (Å²) in [4.78, 5) is 0. The van der Waals surface area contributed by atoms with E-state index in [9.17, 15) is 0 Å². The van der Waals surface area contributed by atoms with Crippen LogP contribution < -0.4 is 0 Å². The molecule has 16 aromatic rings. The molecule has 0 aliphatic carbocycles. The van der Waals surface area contributed by atoms with Crippen molar-refractivity contribution >= 4 is 119 Å². The van der Waals surface area contributed by atoms with E-state index in [1.54, 1.807) is 0 Å². The Kier molecular flexibility index (Phi) is 8.01. The molecule has 330 valence electrons. The summed E-state index contributed by atoms with van der Waals surface area (Å²) in [5.41, 5.74) is 16.7. The number of rotatable bonds is 5. The summed E-state index contributed by atoms with van der Waals surface area (Å²) < 4.78 is 12.3. The maximum atomic E-state index is 2.49. The largest absolute Gasteiger partial charge is 0.309 e. The van der Waals surface area contributed by atoms with Gasteiger partial charge in [0.1, 0.15) is 0 Å². The number of hydrogen-bond donors (Lipinski definition) is 0. The van der Waals surface area contributed by atoms with Gasteiger partial charge in [0.2, 0.25) is 0 Å². The fourth-order valence-corrected chi connectivity index (χ4v) is 13.3. The summed E-state index contributed by atoms with van der Waals surface area (Å²) in [6.07, 6.45) is 0. The first-order chi connectivity index (χ1) is 35.2. The minimum Gasteiger partial charge on any atom is -0.309 e. The minimum atomic E-state index is 1.16. The predicted molar refractivity (Wildman–Crippen MR) is 302 cm³/mol. The third-order valence-electron chi connectivity index (χ3n) is 15.1. The Hall–Kier alpha value is -9.16. The Balaban J connectivity index is 0.875. The zero-order valence-corrected chi connectivity index (χ0v) is 39.1. The Morgan fingerprint density at radius 1 is 0.239 bits per heavy atom. The third-order valence-corrected chi connectivity index (χ3v) is 16.3. The molecule has 0 radical (unpaired) electrons. The van der Waals surface area contributed by atoms with E-state index in [-0.39, 0.29) is 0 Å². The Morgan fingerprint density at radius 3 is 1.38 bits per heavy atom. The van der Waals surface area contributed by atoms with Gasteiger partial charge < -0.3 is 18.3 Å². The van der Waals surface area contributed by atoms with E-state index in [4.69, 9.17) is 0 Å². The maximum Gasteiger partial charge on any atom is 0.0562 e. The van der Waals surface area contributed by atoms with Crippen molar-refractivity contribution in [3.8, 4) is 33.9 Å². The van der Waals surface area contributed by atoms with Crippen LogP contribution in [0.3, 0.4) is 0 Å². The summed E-state index contributed by atoms with van der Waals surface area (Å²) in [6.45, 7) is 0. The molecule has 0 aliphatic rings. The average molecular weight is 921 g/mol. The average Bonchev–Trinajstić information content (AvgIpc) is 4.23. The van der Waals surface area contributed by atoms with Gasteiger partial charge in [0.15, 0.2) is 0 Å². The maximum absolute atomic E-state index is 2.49. The molecule has 0 amide bonds. The SMILES string of the molecule is c1ccc(-n2c3ccccc3c3c(-n4c5ccccc5c5cc(-c6cccc7sc8ccc(-n9c%10ccccc%10c%10cc(-n%11c%12ccccc%12c%12ccccc%12%11)ccc%109)cc8c67)ccc54)cccc32)cc1. The molecular formula is C66H40N4S. The van der Waals surface area contributed by atoms with Gasteiger partial charge in [-0.3, -0.25) is 0 Å². The highest BCUT2D eigenvalue weighted by molar-refractivity contribution is 7.26. The lowest BCUT2D eigenvalue weighted by atomic mass is 9.97. The van der Waals surface area contributed by atoms with Crippen molar-refractivity contribution < 1.29 is 0 Å². The van der Waals surface area contributed by atoms with E-state index < -0.39 is 0 Å². The fourth-order valence-electron chi connectivity index (χ4n) is 12.2. The first-order valence-corrected chi connectivity index (χ1v) is 25.2. The van der Waals surface area contributed by atoms with Crippen LogP contribution in [0.4, 0.5) is 0 Å².